The van der Waals surface area contributed by atoms with Crippen molar-refractivity contribution in [3.05, 3.63) is 75.8 Å². The van der Waals surface area contributed by atoms with Crippen molar-refractivity contribution in [1.82, 2.24) is 4.57 Å². The van der Waals surface area contributed by atoms with Crippen LogP contribution >= 0.6 is 15.9 Å². The molecule has 0 fully saturated rings. The monoisotopic (exact) mass is 375 g/mol. The van der Waals surface area contributed by atoms with Crippen molar-refractivity contribution in [2.45, 2.75) is 26.2 Å². The second-order valence-corrected chi connectivity index (χ2v) is 8.26. The summed E-state index contributed by atoms with van der Waals surface area (Å²) in [6.07, 6.45) is 0. The molecule has 1 aromatic heterocycles. The molecule has 0 spiro atoms. The lowest BCUT2D eigenvalue weighted by Crippen LogP contribution is -2.26. The van der Waals surface area contributed by atoms with Gasteiger partial charge in [-0.1, -0.05) is 59.6 Å². The summed E-state index contributed by atoms with van der Waals surface area (Å²) in [4.78, 5) is 0. The van der Waals surface area contributed by atoms with E-state index in [4.69, 9.17) is 0 Å². The minimum atomic E-state index is -0.0158. The van der Waals surface area contributed by atoms with Gasteiger partial charge >= 0.3 is 0 Å². The number of halogens is 1. The van der Waals surface area contributed by atoms with Gasteiger partial charge in [-0.2, -0.15) is 0 Å². The maximum atomic E-state index is 3.74. The second kappa shape index (κ2) is 4.52. The Bertz CT molecular complexity index is 1150. The topological polar surface area (TPSA) is 4.93 Å². The largest absolute Gasteiger partial charge is 0.309 e. The van der Waals surface area contributed by atoms with Crippen LogP contribution in [-0.2, 0) is 5.41 Å². The molecule has 2 heteroatoms. The number of hydrogen-bond donors (Lipinski definition) is 0. The summed E-state index contributed by atoms with van der Waals surface area (Å²) in [6.45, 7) is 6.83. The second-order valence-electron chi connectivity index (χ2n) is 7.35. The van der Waals surface area contributed by atoms with Crippen molar-refractivity contribution in [3.8, 4) is 5.69 Å². The molecule has 0 atom stereocenters. The molecule has 24 heavy (non-hydrogen) atoms. The van der Waals surface area contributed by atoms with Gasteiger partial charge in [0.15, 0.2) is 0 Å². The first-order valence-electron chi connectivity index (χ1n) is 8.33. The van der Waals surface area contributed by atoms with E-state index >= 15 is 0 Å². The highest BCUT2D eigenvalue weighted by Gasteiger charge is 2.35. The first kappa shape index (κ1) is 14.3. The molecule has 0 radical (unpaired) electrons. The van der Waals surface area contributed by atoms with Gasteiger partial charge in [-0.25, -0.2) is 0 Å². The third-order valence-corrected chi connectivity index (χ3v) is 5.93. The number of aryl methyl sites for hydroxylation is 1. The maximum Gasteiger partial charge on any atom is 0.0582 e. The Labute approximate surface area is 150 Å². The highest BCUT2D eigenvalue weighted by Crippen LogP contribution is 2.48. The van der Waals surface area contributed by atoms with Gasteiger partial charge in [-0.3, -0.25) is 0 Å². The summed E-state index contributed by atoms with van der Waals surface area (Å²) in [7, 11) is 0. The molecule has 0 unspecified atom stereocenters. The summed E-state index contributed by atoms with van der Waals surface area (Å²) < 4.78 is 3.60. The molecule has 118 valence electrons. The van der Waals surface area contributed by atoms with Crippen LogP contribution in [0.4, 0.5) is 0 Å². The van der Waals surface area contributed by atoms with E-state index in [1.807, 2.05) is 0 Å². The van der Waals surface area contributed by atoms with Crippen LogP contribution in [0.5, 0.6) is 0 Å². The van der Waals surface area contributed by atoms with E-state index in [1.54, 1.807) is 0 Å². The molecule has 0 saturated carbocycles. The smallest absolute Gasteiger partial charge is 0.0582 e. The predicted molar refractivity (Wildman–Crippen MR) is 105 cm³/mol. The van der Waals surface area contributed by atoms with Crippen LogP contribution in [0.25, 0.3) is 27.5 Å². The highest BCUT2D eigenvalue weighted by atomic mass is 79.9. The Hall–Kier alpha value is -2.06. The quantitative estimate of drug-likeness (QED) is 0.330. The molecule has 2 heterocycles. The average Bonchev–Trinajstić information content (AvgIpc) is 2.87. The molecule has 3 aromatic carbocycles. The first-order chi connectivity index (χ1) is 11.5. The van der Waals surface area contributed by atoms with Crippen LogP contribution in [0.3, 0.4) is 0 Å². The summed E-state index contributed by atoms with van der Waals surface area (Å²) in [5.74, 6) is 0. The minimum Gasteiger partial charge on any atom is -0.309 e. The van der Waals surface area contributed by atoms with Crippen LogP contribution in [0.15, 0.2) is 59.1 Å². The fourth-order valence-electron chi connectivity index (χ4n) is 4.30. The zero-order valence-corrected chi connectivity index (χ0v) is 15.6. The van der Waals surface area contributed by atoms with Crippen molar-refractivity contribution in [1.29, 1.82) is 0 Å². The third kappa shape index (κ3) is 1.65. The Morgan fingerprint density at radius 2 is 1.67 bits per heavy atom. The lowest BCUT2D eigenvalue weighted by molar-refractivity contribution is 0.630. The Kier molecular flexibility index (Phi) is 2.69. The lowest BCUT2D eigenvalue weighted by atomic mass is 9.75. The molecule has 0 amide bonds. The molecular weight excluding hydrogens is 358 g/mol. The Balaban J connectivity index is 2.14. The fourth-order valence-corrected chi connectivity index (χ4v) is 4.75. The Morgan fingerprint density at radius 1 is 0.875 bits per heavy atom. The van der Waals surface area contributed by atoms with Crippen LogP contribution in [0.2, 0.25) is 0 Å². The summed E-state index contributed by atoms with van der Waals surface area (Å²) >= 11 is 3.74. The zero-order chi connectivity index (χ0) is 16.6. The molecule has 0 saturated heterocycles. The number of nitrogens with zero attached hydrogens (tertiary/aromatic N) is 1. The van der Waals surface area contributed by atoms with Crippen LogP contribution < -0.4 is 0 Å². The van der Waals surface area contributed by atoms with Gasteiger partial charge in [0.05, 0.1) is 16.7 Å². The summed E-state index contributed by atoms with van der Waals surface area (Å²) in [5, 5.41) is 2.67. The van der Waals surface area contributed by atoms with Crippen molar-refractivity contribution >= 4 is 37.7 Å². The van der Waals surface area contributed by atoms with Gasteiger partial charge in [0.1, 0.15) is 0 Å². The number of hydrogen-bond acceptors (Lipinski definition) is 0. The molecule has 5 rings (SSSR count). The number of benzene rings is 3. The van der Waals surface area contributed by atoms with Crippen LogP contribution in [0.1, 0.15) is 30.5 Å². The standard InChI is InChI=1S/C22H18BrN/c1-13-8-9-19-15(10-13)16-11-14(23)12-18-21(16)24(19)20-7-5-4-6-17(20)22(18,2)3/h4-12H,1-3H3. The van der Waals surface area contributed by atoms with E-state index in [9.17, 15) is 0 Å². The summed E-state index contributed by atoms with van der Waals surface area (Å²) in [5.41, 5.74) is 8.00. The number of aromatic nitrogens is 1. The lowest BCUT2D eigenvalue weighted by Gasteiger charge is -2.34. The fraction of sp³-hybridized carbons (Fsp3) is 0.182. The molecule has 1 aliphatic heterocycles. The van der Waals surface area contributed by atoms with Crippen LogP contribution in [0, 0.1) is 6.92 Å². The van der Waals surface area contributed by atoms with E-state index in [0.717, 1.165) is 4.47 Å². The average molecular weight is 376 g/mol. The number of para-hydroxylation sites is 1. The van der Waals surface area contributed by atoms with Gasteiger partial charge in [0.2, 0.25) is 0 Å². The van der Waals surface area contributed by atoms with E-state index in [-0.39, 0.29) is 5.41 Å². The molecule has 1 nitrogen and oxygen atoms in total. The zero-order valence-electron chi connectivity index (χ0n) is 14.0. The van der Waals surface area contributed by atoms with E-state index in [0.29, 0.717) is 0 Å². The molecule has 0 aliphatic carbocycles. The first-order valence-corrected chi connectivity index (χ1v) is 9.12. The minimum absolute atomic E-state index is 0.0158. The van der Waals surface area contributed by atoms with Crippen molar-refractivity contribution < 1.29 is 0 Å². The van der Waals surface area contributed by atoms with Crippen LogP contribution in [-0.4, -0.2) is 4.57 Å². The van der Waals surface area contributed by atoms with Gasteiger partial charge in [-0.05, 0) is 48.4 Å². The molecule has 0 bridgehead atoms. The number of fused-ring (bicyclic) bond motifs is 5. The predicted octanol–water partition coefficient (Wildman–Crippen LogP) is 6.49. The summed E-state index contributed by atoms with van der Waals surface area (Å²) in [6, 6.07) is 20.2. The normalized spacial score (nSPS) is 15.0. The van der Waals surface area contributed by atoms with Crippen molar-refractivity contribution in [3.63, 3.8) is 0 Å². The van der Waals surface area contributed by atoms with Gasteiger partial charge in [0.25, 0.3) is 0 Å². The van der Waals surface area contributed by atoms with Crippen molar-refractivity contribution in [2.75, 3.05) is 0 Å². The van der Waals surface area contributed by atoms with E-state index in [1.165, 1.54) is 44.2 Å². The maximum absolute atomic E-state index is 3.74. The molecular formula is C22H18BrN. The molecule has 4 aromatic rings. The van der Waals surface area contributed by atoms with E-state index in [2.05, 4.69) is 95.9 Å². The highest BCUT2D eigenvalue weighted by molar-refractivity contribution is 9.10. The number of rotatable bonds is 0. The van der Waals surface area contributed by atoms with Gasteiger partial charge < -0.3 is 4.57 Å². The van der Waals surface area contributed by atoms with Gasteiger partial charge in [0, 0.05) is 20.7 Å². The van der Waals surface area contributed by atoms with Crippen molar-refractivity contribution in [2.24, 2.45) is 0 Å². The Morgan fingerprint density at radius 3 is 2.50 bits per heavy atom. The SMILES string of the molecule is Cc1ccc2c(c1)c1cc(Br)cc3c1n2-c1ccccc1C3(C)C. The van der Waals surface area contributed by atoms with Gasteiger partial charge in [-0.15, -0.1) is 0 Å². The van der Waals surface area contributed by atoms with E-state index < -0.39 is 0 Å². The third-order valence-electron chi connectivity index (χ3n) is 5.47. The molecule has 0 N–H and O–H groups in total. The molecule has 1 aliphatic rings.